The fourth-order valence-corrected chi connectivity index (χ4v) is 8.87. The Labute approximate surface area is 420 Å². The van der Waals surface area contributed by atoms with E-state index >= 15 is 0 Å². The van der Waals surface area contributed by atoms with Gasteiger partial charge in [-0.1, -0.05) is 66.7 Å². The minimum atomic E-state index is -3.34. The summed E-state index contributed by atoms with van der Waals surface area (Å²) in [6.07, 6.45) is 1.73. The summed E-state index contributed by atoms with van der Waals surface area (Å²) in [6.45, 7) is 2.02. The van der Waals surface area contributed by atoms with Gasteiger partial charge in [0.2, 0.25) is 17.6 Å². The maximum Gasteiger partial charge on any atom is 0.435 e. The van der Waals surface area contributed by atoms with Crippen molar-refractivity contribution < 1.29 is 48.4 Å². The predicted octanol–water partition coefficient (Wildman–Crippen LogP) is 10.6. The molecule has 0 saturated carbocycles. The fourth-order valence-electron chi connectivity index (χ4n) is 7.62. The lowest BCUT2D eigenvalue weighted by atomic mass is 9.94. The number of esters is 2. The van der Waals surface area contributed by atoms with Crippen molar-refractivity contribution in [2.45, 2.75) is 59.2 Å². The molecule has 0 aliphatic carbocycles. The molecule has 4 aromatic carbocycles. The van der Waals surface area contributed by atoms with Crippen LogP contribution in [0.15, 0.2) is 134 Å². The summed E-state index contributed by atoms with van der Waals surface area (Å²) < 4.78 is 100. The summed E-state index contributed by atoms with van der Waals surface area (Å²) in [5, 5.41) is 2.69. The number of piperidine rings is 2. The zero-order valence-corrected chi connectivity index (χ0v) is 40.2. The van der Waals surface area contributed by atoms with Crippen molar-refractivity contribution in [1.29, 1.82) is 0 Å². The van der Waals surface area contributed by atoms with Crippen LogP contribution in [0.4, 0.5) is 11.8 Å². The molecule has 2 aliphatic heterocycles. The Bertz CT molecular complexity index is 3180. The molecule has 2 saturated heterocycles. The van der Waals surface area contributed by atoms with E-state index < -0.39 is 57.4 Å². The normalized spacial score (nSPS) is 17.0. The summed E-state index contributed by atoms with van der Waals surface area (Å²) in [6, 6.07) is 33.3. The van der Waals surface area contributed by atoms with Gasteiger partial charge in [-0.15, -0.1) is 0 Å². The Kier molecular flexibility index (Phi) is 15.0. The Morgan fingerprint density at radius 1 is 0.714 bits per heavy atom. The van der Waals surface area contributed by atoms with Gasteiger partial charge < -0.3 is 24.3 Å². The monoisotopic (exact) mass is 979 g/mol. The van der Waals surface area contributed by atoms with Crippen LogP contribution in [0.1, 0.15) is 90.9 Å². The lowest BCUT2D eigenvalue weighted by Crippen LogP contribution is -2.37. The zero-order chi connectivity index (χ0) is 56.3. The summed E-state index contributed by atoms with van der Waals surface area (Å²) in [7, 11) is -3.34. The number of ether oxygens (including phenoxy) is 2. The first-order chi connectivity index (χ1) is 37.1. The number of aromatic amines is 1. The Morgan fingerprint density at radius 2 is 1.26 bits per heavy atom. The molecule has 0 spiro atoms. The minimum absolute atomic E-state index is 0.134. The van der Waals surface area contributed by atoms with Crippen LogP contribution in [0.5, 0.6) is 0 Å². The van der Waals surface area contributed by atoms with E-state index in [-0.39, 0.29) is 17.0 Å². The number of H-pyrrole nitrogens is 1. The Hall–Kier alpha value is -6.87. The fraction of sp³-hybridized carbons (Fsp3) is 0.358. The minimum Gasteiger partial charge on any atom is -0.462 e. The van der Waals surface area contributed by atoms with Crippen LogP contribution in [-0.4, -0.2) is 99.6 Å². The van der Waals surface area contributed by atoms with Crippen LogP contribution in [0.25, 0.3) is 27.8 Å². The number of rotatable bonds is 16. The number of imidazole rings is 2. The highest BCUT2D eigenvalue weighted by Crippen LogP contribution is 2.47. The number of benzene rings is 4. The van der Waals surface area contributed by atoms with Gasteiger partial charge in [0.05, 0.1) is 65.0 Å². The van der Waals surface area contributed by atoms with E-state index in [9.17, 15) is 18.9 Å². The average molecular weight is 979 g/mol. The lowest BCUT2D eigenvalue weighted by Gasteiger charge is -2.32. The third-order valence-corrected chi connectivity index (χ3v) is 12.8. The van der Waals surface area contributed by atoms with Gasteiger partial charge in [-0.2, -0.15) is 4.98 Å². The Morgan fingerprint density at radius 3 is 1.83 bits per heavy atom. The van der Waals surface area contributed by atoms with E-state index in [1.807, 2.05) is 65.2 Å². The Balaban J connectivity index is 0.000000178. The van der Waals surface area contributed by atoms with Crippen molar-refractivity contribution in [2.24, 2.45) is 11.8 Å². The standard InChI is InChI=1S/C24H24N4O2.C18H23NO3.C11H16N3O3P/c29-23(19-6-2-1-3-7-19)30-17-13-18-10-14-27(15-11-18)22-12-16-28-21-9-5-4-8-20(21)25-24(28)26-22;1-2-6-17(20)19-12-9-15(10-13-19)11-14-22-18(21)16-7-4-3-5-8-16;1-3-16-18(15,17-4-2)14-11-12-9-7-5-6-8-10(9)13-11/h1-9,12,16,18H,10-11,13-15,17H2;2-8,15H,9-14H2,1H3;5-8H,3-4H2,1-2H3,(H2,12,13,14,15)/b;6-2+;/i13D2,17D2;11D2,14D2;. The molecule has 70 heavy (non-hydrogen) atoms. The van der Waals surface area contributed by atoms with E-state index in [1.54, 1.807) is 68.1 Å². The lowest BCUT2D eigenvalue weighted by molar-refractivity contribution is -0.127. The second kappa shape index (κ2) is 25.7. The molecule has 7 aromatic rings. The van der Waals surface area contributed by atoms with Gasteiger partial charge in [-0.3, -0.25) is 23.3 Å². The van der Waals surface area contributed by atoms with Gasteiger partial charge in [0.25, 0.3) is 0 Å². The number of aromatic nitrogens is 5. The van der Waals surface area contributed by atoms with Crippen molar-refractivity contribution in [3.05, 3.63) is 145 Å². The molecule has 0 unspecified atom stereocenters. The maximum atomic E-state index is 12.3. The molecule has 17 heteroatoms. The number of hydrogen-bond donors (Lipinski definition) is 2. The zero-order valence-electron chi connectivity index (χ0n) is 47.3. The number of carbonyl (C=O) groups excluding carboxylic acids is 3. The molecule has 2 N–H and O–H groups in total. The van der Waals surface area contributed by atoms with Gasteiger partial charge in [0.1, 0.15) is 5.82 Å². The van der Waals surface area contributed by atoms with E-state index in [4.69, 9.17) is 29.5 Å². The molecule has 3 aromatic heterocycles. The highest BCUT2D eigenvalue weighted by molar-refractivity contribution is 7.55. The molecular weight excluding hydrogens is 908 g/mol. The van der Waals surface area contributed by atoms with Crippen LogP contribution in [0.2, 0.25) is 0 Å². The first kappa shape index (κ1) is 41.0. The summed E-state index contributed by atoms with van der Waals surface area (Å²) in [5.41, 5.74) is 3.85. The van der Waals surface area contributed by atoms with E-state index in [2.05, 4.69) is 29.9 Å². The van der Waals surface area contributed by atoms with Crippen LogP contribution >= 0.6 is 7.75 Å². The van der Waals surface area contributed by atoms with Crippen molar-refractivity contribution >= 4 is 65.2 Å². The van der Waals surface area contributed by atoms with Gasteiger partial charge in [0.15, 0.2) is 0 Å². The number of amides is 1. The summed E-state index contributed by atoms with van der Waals surface area (Å²) >= 11 is 0. The van der Waals surface area contributed by atoms with E-state index in [0.717, 1.165) is 27.9 Å². The second-order valence-electron chi connectivity index (χ2n) is 16.0. The van der Waals surface area contributed by atoms with Crippen LogP contribution in [-0.2, 0) is 27.9 Å². The van der Waals surface area contributed by atoms with Gasteiger partial charge in [-0.25, -0.2) is 24.1 Å². The number of fused-ring (bicyclic) bond motifs is 4. The van der Waals surface area contributed by atoms with Crippen molar-refractivity contribution in [2.75, 3.05) is 62.5 Å². The SMILES string of the molecule is CCOP(=O)(Nc1nc2ccccc2[nH]1)OCC.[2H]C([2H])(OC(=O)c1ccccc1)C([2H])([2H])C1CCN(C(=O)/C=C/C)CC1.[2H]C([2H])(OC(=O)c1ccccc1)C([2H])([2H])C1CCN(c2ccn3c(n2)nc2ccccc23)CC1. The van der Waals surface area contributed by atoms with Gasteiger partial charge in [-0.05, 0) is 132 Å². The van der Waals surface area contributed by atoms with Crippen LogP contribution < -0.4 is 9.99 Å². The maximum absolute atomic E-state index is 12.3. The predicted molar refractivity (Wildman–Crippen MR) is 273 cm³/mol. The first-order valence-corrected chi connectivity index (χ1v) is 24.8. The number of anilines is 2. The van der Waals surface area contributed by atoms with Gasteiger partial charge >= 0.3 is 19.7 Å². The molecule has 368 valence electrons. The molecule has 1 amide bonds. The highest BCUT2D eigenvalue weighted by Gasteiger charge is 2.26. The number of carbonyl (C=O) groups is 3. The first-order valence-electron chi connectivity index (χ1n) is 27.2. The third kappa shape index (κ3) is 14.3. The molecule has 0 radical (unpaired) electrons. The summed E-state index contributed by atoms with van der Waals surface area (Å²) in [5.74, 6) is -1.46. The topological polar surface area (TPSA) is 183 Å². The number of hydrogen-bond acceptors (Lipinski definition) is 12. The molecule has 2 aliphatic rings. The van der Waals surface area contributed by atoms with Crippen molar-refractivity contribution in [3.63, 3.8) is 0 Å². The number of para-hydroxylation sites is 4. The molecule has 2 fully saturated rings. The van der Waals surface area contributed by atoms with Crippen LogP contribution in [0.3, 0.4) is 0 Å². The molecule has 16 nitrogen and oxygen atoms in total. The molecular formula is C53H63N8O8P. The van der Waals surface area contributed by atoms with E-state index in [1.165, 1.54) is 30.3 Å². The van der Waals surface area contributed by atoms with Crippen LogP contribution in [0, 0.1) is 11.8 Å². The third-order valence-electron chi connectivity index (χ3n) is 11.2. The largest absolute Gasteiger partial charge is 0.462 e. The smallest absolute Gasteiger partial charge is 0.435 e. The average Bonchev–Trinajstić information content (AvgIpc) is 4.10. The number of nitrogens with one attached hydrogen (secondary N) is 2. The van der Waals surface area contributed by atoms with Gasteiger partial charge in [0, 0.05) is 37.9 Å². The van der Waals surface area contributed by atoms with Crippen molar-refractivity contribution in [1.82, 2.24) is 29.2 Å². The second-order valence-corrected chi connectivity index (χ2v) is 17.7. The van der Waals surface area contributed by atoms with Crippen molar-refractivity contribution in [3.8, 4) is 0 Å². The number of allylic oxidation sites excluding steroid dienone is 1. The molecule has 0 bridgehead atoms. The molecule has 5 heterocycles. The summed E-state index contributed by atoms with van der Waals surface area (Å²) in [4.78, 5) is 56.5. The molecule has 9 rings (SSSR count). The number of likely N-dealkylation sites (tertiary alicyclic amines) is 1. The molecule has 0 atom stereocenters. The number of nitrogens with zero attached hydrogens (tertiary/aromatic N) is 6. The highest BCUT2D eigenvalue weighted by atomic mass is 31.2. The van der Waals surface area contributed by atoms with E-state index in [0.29, 0.717) is 76.8 Å². The quantitative estimate of drug-likeness (QED) is 0.0530.